The summed E-state index contributed by atoms with van der Waals surface area (Å²) < 4.78 is 7.37. The summed E-state index contributed by atoms with van der Waals surface area (Å²) in [5.74, 6) is 0.621. The number of hydrogen-bond donors (Lipinski definition) is 2. The van der Waals surface area contributed by atoms with Crippen molar-refractivity contribution in [3.63, 3.8) is 0 Å². The molecule has 4 aromatic rings. The normalized spacial score (nSPS) is 10.8. The van der Waals surface area contributed by atoms with Crippen LogP contribution in [0.25, 0.3) is 5.69 Å². The minimum atomic E-state index is -0.314. The van der Waals surface area contributed by atoms with Gasteiger partial charge in [0.2, 0.25) is 11.0 Å². The molecule has 10 nitrogen and oxygen atoms in total. The van der Waals surface area contributed by atoms with Gasteiger partial charge in [0.05, 0.1) is 18.0 Å². The smallest absolute Gasteiger partial charge is 0.258 e. The average molecular weight is 558 g/mol. The maximum absolute atomic E-state index is 12.5. The van der Waals surface area contributed by atoms with Crippen LogP contribution >= 0.6 is 34.7 Å². The molecule has 0 atom stereocenters. The number of anilines is 1. The lowest BCUT2D eigenvalue weighted by Crippen LogP contribution is -2.29. The lowest BCUT2D eigenvalue weighted by molar-refractivity contribution is -0.123. The average Bonchev–Trinajstić information content (AvgIpc) is 3.47. The highest BCUT2D eigenvalue weighted by Gasteiger charge is 2.19. The number of rotatable bonds is 10. The Balaban J connectivity index is 1.45. The number of hydrogen-bond acceptors (Lipinski definition) is 9. The zero-order valence-electron chi connectivity index (χ0n) is 20.3. The predicted molar refractivity (Wildman–Crippen MR) is 144 cm³/mol. The lowest BCUT2D eigenvalue weighted by atomic mass is 10.1. The first-order valence-electron chi connectivity index (χ1n) is 11.2. The molecular weight excluding hydrogens is 534 g/mol. The highest BCUT2D eigenvalue weighted by atomic mass is 35.5. The molecule has 2 heterocycles. The minimum absolute atomic E-state index is 0.100. The van der Waals surface area contributed by atoms with Crippen LogP contribution in [0.4, 0.5) is 5.13 Å². The van der Waals surface area contributed by atoms with Gasteiger partial charge in [0.25, 0.3) is 5.91 Å². The molecule has 0 spiro atoms. The van der Waals surface area contributed by atoms with Crippen molar-refractivity contribution in [2.24, 2.45) is 0 Å². The summed E-state index contributed by atoms with van der Waals surface area (Å²) in [5.41, 5.74) is 2.93. The SMILES string of the molecule is Cc1ccc(C)c(-n2c(CNC(=O)COc3ccc(Cl)cc3)nnc2SCC(=O)Nc2nnc(C)s2)c1. The van der Waals surface area contributed by atoms with E-state index in [0.717, 1.165) is 21.8 Å². The van der Waals surface area contributed by atoms with Crippen molar-refractivity contribution in [1.82, 2.24) is 30.3 Å². The third kappa shape index (κ3) is 7.28. The predicted octanol–water partition coefficient (Wildman–Crippen LogP) is 4.12. The van der Waals surface area contributed by atoms with Gasteiger partial charge in [0, 0.05) is 5.02 Å². The first-order valence-corrected chi connectivity index (χ1v) is 13.4. The molecule has 0 saturated carbocycles. The summed E-state index contributed by atoms with van der Waals surface area (Å²) in [6, 6.07) is 12.8. The summed E-state index contributed by atoms with van der Waals surface area (Å²) in [6.45, 7) is 5.76. The monoisotopic (exact) mass is 557 g/mol. The van der Waals surface area contributed by atoms with Crippen LogP contribution in [0.1, 0.15) is 22.0 Å². The van der Waals surface area contributed by atoms with Crippen molar-refractivity contribution in [3.8, 4) is 11.4 Å². The Hall–Kier alpha value is -3.48. The van der Waals surface area contributed by atoms with Gasteiger partial charge in [-0.15, -0.1) is 20.4 Å². The Morgan fingerprint density at radius 2 is 1.81 bits per heavy atom. The lowest BCUT2D eigenvalue weighted by Gasteiger charge is -2.14. The fraction of sp³-hybridized carbons (Fsp3) is 0.250. The standard InChI is InChI=1S/C24H24ClN7O3S2/c1-14-4-5-15(2)19(10-14)32-20(11-26-21(33)12-35-18-8-6-17(25)7-9-18)29-31-24(32)36-13-22(34)27-23-30-28-16(3)37-23/h4-10H,11-13H2,1-3H3,(H,26,33)(H,27,30,34). The first kappa shape index (κ1) is 26.6. The summed E-state index contributed by atoms with van der Waals surface area (Å²) >= 11 is 8.42. The van der Waals surface area contributed by atoms with E-state index in [9.17, 15) is 9.59 Å². The molecular formula is C24H24ClN7O3S2. The zero-order chi connectivity index (χ0) is 26.4. The minimum Gasteiger partial charge on any atom is -0.484 e. The van der Waals surface area contributed by atoms with Crippen LogP contribution in [0.15, 0.2) is 47.6 Å². The van der Waals surface area contributed by atoms with Crippen LogP contribution in [0.3, 0.4) is 0 Å². The Morgan fingerprint density at radius 3 is 2.54 bits per heavy atom. The topological polar surface area (TPSA) is 124 Å². The molecule has 0 aliphatic rings. The number of thioether (sulfide) groups is 1. The van der Waals surface area contributed by atoms with Crippen molar-refractivity contribution < 1.29 is 14.3 Å². The third-order valence-corrected chi connectivity index (χ3v) is 6.97. The number of ether oxygens (including phenoxy) is 1. The molecule has 0 unspecified atom stereocenters. The van der Waals surface area contributed by atoms with Crippen molar-refractivity contribution in [2.45, 2.75) is 32.5 Å². The van der Waals surface area contributed by atoms with Gasteiger partial charge in [-0.2, -0.15) is 0 Å². The molecule has 2 aromatic carbocycles. The fourth-order valence-corrected chi connectivity index (χ4v) is 4.75. The van der Waals surface area contributed by atoms with Gasteiger partial charge in [-0.05, 0) is 62.2 Å². The molecule has 0 saturated heterocycles. The number of carbonyl (C=O) groups excluding carboxylic acids is 2. The summed E-state index contributed by atoms with van der Waals surface area (Å²) in [5, 5.41) is 24.3. The summed E-state index contributed by atoms with van der Waals surface area (Å²) in [6.07, 6.45) is 0. The van der Waals surface area contributed by atoms with Crippen LogP contribution in [0.2, 0.25) is 5.02 Å². The van der Waals surface area contributed by atoms with Crippen molar-refractivity contribution in [2.75, 3.05) is 17.7 Å². The van der Waals surface area contributed by atoms with Gasteiger partial charge in [0.1, 0.15) is 10.8 Å². The molecule has 0 aliphatic heterocycles. The van der Waals surface area contributed by atoms with E-state index in [4.69, 9.17) is 16.3 Å². The number of nitrogens with one attached hydrogen (secondary N) is 2. The van der Waals surface area contributed by atoms with Crippen LogP contribution in [-0.4, -0.2) is 49.1 Å². The Labute approximate surface area is 226 Å². The molecule has 37 heavy (non-hydrogen) atoms. The molecule has 13 heteroatoms. The van der Waals surface area contributed by atoms with E-state index in [2.05, 4.69) is 31.0 Å². The second-order valence-corrected chi connectivity index (χ2v) is 10.6. The van der Waals surface area contributed by atoms with Gasteiger partial charge < -0.3 is 10.1 Å². The molecule has 0 fully saturated rings. The largest absolute Gasteiger partial charge is 0.484 e. The highest BCUT2D eigenvalue weighted by molar-refractivity contribution is 7.99. The van der Waals surface area contributed by atoms with E-state index in [1.807, 2.05) is 43.5 Å². The number of aryl methyl sites for hydroxylation is 3. The maximum atomic E-state index is 12.5. The van der Waals surface area contributed by atoms with Crippen molar-refractivity contribution >= 4 is 51.6 Å². The number of carbonyl (C=O) groups is 2. The second kappa shape index (κ2) is 12.2. The van der Waals surface area contributed by atoms with Crippen molar-refractivity contribution in [3.05, 3.63) is 69.4 Å². The van der Waals surface area contributed by atoms with E-state index >= 15 is 0 Å². The molecule has 2 amide bonds. The Bertz CT molecular complexity index is 1410. The van der Waals surface area contributed by atoms with E-state index in [1.54, 1.807) is 24.3 Å². The number of nitrogens with zero attached hydrogens (tertiary/aromatic N) is 5. The molecule has 0 bridgehead atoms. The van der Waals surface area contributed by atoms with Gasteiger partial charge in [-0.25, -0.2) is 0 Å². The summed E-state index contributed by atoms with van der Waals surface area (Å²) in [7, 11) is 0. The number of aromatic nitrogens is 5. The number of halogens is 1. The van der Waals surface area contributed by atoms with Crippen LogP contribution in [0.5, 0.6) is 5.75 Å². The van der Waals surface area contributed by atoms with Gasteiger partial charge in [-0.1, -0.05) is 46.8 Å². The van der Waals surface area contributed by atoms with Gasteiger partial charge in [0.15, 0.2) is 17.6 Å². The molecule has 2 N–H and O–H groups in total. The second-order valence-electron chi connectivity index (χ2n) is 8.01. The number of benzene rings is 2. The third-order valence-electron chi connectivity index (χ3n) is 5.04. The maximum Gasteiger partial charge on any atom is 0.258 e. The van der Waals surface area contributed by atoms with Crippen molar-refractivity contribution in [1.29, 1.82) is 0 Å². The molecule has 192 valence electrons. The van der Waals surface area contributed by atoms with E-state index < -0.39 is 0 Å². The number of amides is 2. The molecule has 4 rings (SSSR count). The first-order chi connectivity index (χ1) is 17.8. The van der Waals surface area contributed by atoms with Gasteiger partial charge >= 0.3 is 0 Å². The van der Waals surface area contributed by atoms with Gasteiger partial charge in [-0.3, -0.25) is 19.5 Å². The fourth-order valence-electron chi connectivity index (χ4n) is 3.25. The Kier molecular flexibility index (Phi) is 8.74. The van der Waals surface area contributed by atoms with Crippen LogP contribution < -0.4 is 15.4 Å². The molecule has 0 radical (unpaired) electrons. The van der Waals surface area contributed by atoms with Crippen LogP contribution in [-0.2, 0) is 16.1 Å². The molecule has 0 aliphatic carbocycles. The van der Waals surface area contributed by atoms with E-state index in [1.165, 1.54) is 23.1 Å². The highest BCUT2D eigenvalue weighted by Crippen LogP contribution is 2.26. The summed E-state index contributed by atoms with van der Waals surface area (Å²) in [4.78, 5) is 24.9. The van der Waals surface area contributed by atoms with E-state index in [-0.39, 0.29) is 30.7 Å². The van der Waals surface area contributed by atoms with Crippen LogP contribution in [0, 0.1) is 20.8 Å². The Morgan fingerprint density at radius 1 is 1.03 bits per heavy atom. The quantitative estimate of drug-likeness (QED) is 0.279. The van der Waals surface area contributed by atoms with E-state index in [0.29, 0.717) is 26.9 Å². The molecule has 2 aromatic heterocycles. The zero-order valence-corrected chi connectivity index (χ0v) is 22.7.